The largest absolute Gasteiger partial charge is 0.313 e. The van der Waals surface area contributed by atoms with Crippen molar-refractivity contribution in [3.63, 3.8) is 0 Å². The molecule has 0 saturated carbocycles. The smallest absolute Gasteiger partial charge is 0.133 e. The molecule has 0 aromatic carbocycles. The van der Waals surface area contributed by atoms with Crippen LogP contribution in [0.4, 0.5) is 0 Å². The summed E-state index contributed by atoms with van der Waals surface area (Å²) in [5, 5.41) is 4.98. The molecule has 1 aliphatic heterocycles. The Morgan fingerprint density at radius 1 is 1.47 bits per heavy atom. The van der Waals surface area contributed by atoms with Gasteiger partial charge in [0.1, 0.15) is 16.5 Å². The molecule has 1 saturated heterocycles. The van der Waals surface area contributed by atoms with E-state index in [1.54, 1.807) is 11.8 Å². The van der Waals surface area contributed by atoms with Crippen molar-refractivity contribution < 1.29 is 0 Å². The third-order valence-electron chi connectivity index (χ3n) is 2.45. The Hall–Kier alpha value is -0.320. The first-order chi connectivity index (χ1) is 7.34. The molecule has 82 valence electrons. The molecule has 5 heteroatoms. The summed E-state index contributed by atoms with van der Waals surface area (Å²) in [4.78, 5) is 8.02. The Bertz CT molecular complexity index is 315. The monoisotopic (exact) mass is 243 g/mol. The van der Waals surface area contributed by atoms with Crippen LogP contribution >= 0.6 is 23.4 Å². The van der Waals surface area contributed by atoms with Crippen LogP contribution in [0.3, 0.4) is 0 Å². The fourth-order valence-electron chi connectivity index (χ4n) is 1.65. The third kappa shape index (κ3) is 3.63. The fraction of sp³-hybridized carbons (Fsp3) is 0.600. The van der Waals surface area contributed by atoms with Crippen molar-refractivity contribution in [2.75, 3.05) is 12.3 Å². The number of thioether (sulfide) groups is 1. The van der Waals surface area contributed by atoms with Crippen LogP contribution in [0.2, 0.25) is 5.15 Å². The minimum atomic E-state index is 0.518. The SMILES string of the molecule is Clc1cc(SC[C@H]2CCCCN2)ncn1. The minimum absolute atomic E-state index is 0.518. The van der Waals surface area contributed by atoms with Crippen LogP contribution in [0.5, 0.6) is 0 Å². The molecule has 3 nitrogen and oxygen atoms in total. The normalized spacial score (nSPS) is 21.5. The second kappa shape index (κ2) is 5.68. The van der Waals surface area contributed by atoms with E-state index < -0.39 is 0 Å². The number of nitrogens with one attached hydrogen (secondary N) is 1. The number of piperidine rings is 1. The van der Waals surface area contributed by atoms with Crippen molar-refractivity contribution in [1.29, 1.82) is 0 Å². The van der Waals surface area contributed by atoms with Gasteiger partial charge in [-0.3, -0.25) is 0 Å². The zero-order valence-electron chi connectivity index (χ0n) is 8.45. The molecule has 0 amide bonds. The summed E-state index contributed by atoms with van der Waals surface area (Å²) in [6, 6.07) is 2.44. The highest BCUT2D eigenvalue weighted by Gasteiger charge is 2.12. The molecule has 1 atom stereocenters. The average Bonchev–Trinajstić information content (AvgIpc) is 2.28. The van der Waals surface area contributed by atoms with Gasteiger partial charge in [-0.05, 0) is 19.4 Å². The van der Waals surface area contributed by atoms with E-state index in [1.807, 2.05) is 6.07 Å². The van der Waals surface area contributed by atoms with Gasteiger partial charge >= 0.3 is 0 Å². The summed E-state index contributed by atoms with van der Waals surface area (Å²) in [5.74, 6) is 1.06. The summed E-state index contributed by atoms with van der Waals surface area (Å²) in [7, 11) is 0. The zero-order valence-corrected chi connectivity index (χ0v) is 10.0. The maximum Gasteiger partial charge on any atom is 0.133 e. The maximum absolute atomic E-state index is 5.79. The third-order valence-corrected chi connectivity index (χ3v) is 3.75. The van der Waals surface area contributed by atoms with Gasteiger partial charge in [0.25, 0.3) is 0 Å². The van der Waals surface area contributed by atoms with Crippen molar-refractivity contribution in [2.45, 2.75) is 30.3 Å². The second-order valence-corrected chi connectivity index (χ2v) is 5.06. The van der Waals surface area contributed by atoms with Gasteiger partial charge in [-0.1, -0.05) is 18.0 Å². The Morgan fingerprint density at radius 3 is 3.13 bits per heavy atom. The highest BCUT2D eigenvalue weighted by atomic mass is 35.5. The molecule has 0 unspecified atom stereocenters. The van der Waals surface area contributed by atoms with Gasteiger partial charge in [-0.25, -0.2) is 9.97 Å². The lowest BCUT2D eigenvalue weighted by molar-refractivity contribution is 0.430. The van der Waals surface area contributed by atoms with Crippen molar-refractivity contribution in [1.82, 2.24) is 15.3 Å². The minimum Gasteiger partial charge on any atom is -0.313 e. The highest BCUT2D eigenvalue weighted by molar-refractivity contribution is 7.99. The number of halogens is 1. The van der Waals surface area contributed by atoms with E-state index in [2.05, 4.69) is 15.3 Å². The summed E-state index contributed by atoms with van der Waals surface area (Å²) in [6.45, 7) is 1.15. The number of rotatable bonds is 3. The predicted octanol–water partition coefficient (Wildman–Crippen LogP) is 2.36. The van der Waals surface area contributed by atoms with Gasteiger partial charge in [0.15, 0.2) is 0 Å². The molecule has 0 radical (unpaired) electrons. The Morgan fingerprint density at radius 2 is 2.40 bits per heavy atom. The van der Waals surface area contributed by atoms with Crippen molar-refractivity contribution >= 4 is 23.4 Å². The number of aromatic nitrogens is 2. The van der Waals surface area contributed by atoms with Crippen LogP contribution in [-0.4, -0.2) is 28.3 Å². The van der Waals surface area contributed by atoms with Gasteiger partial charge in [0, 0.05) is 17.9 Å². The van der Waals surface area contributed by atoms with Gasteiger partial charge in [0.2, 0.25) is 0 Å². The lowest BCUT2D eigenvalue weighted by atomic mass is 10.1. The molecule has 1 fully saturated rings. The van der Waals surface area contributed by atoms with E-state index in [4.69, 9.17) is 11.6 Å². The number of nitrogens with zero attached hydrogens (tertiary/aromatic N) is 2. The van der Waals surface area contributed by atoms with Crippen LogP contribution < -0.4 is 5.32 Å². The molecule has 1 aliphatic rings. The van der Waals surface area contributed by atoms with Gasteiger partial charge < -0.3 is 5.32 Å². The maximum atomic E-state index is 5.79. The molecule has 0 aliphatic carbocycles. The second-order valence-electron chi connectivity index (χ2n) is 3.64. The summed E-state index contributed by atoms with van der Waals surface area (Å²) >= 11 is 7.53. The Balaban J connectivity index is 1.81. The predicted molar refractivity (Wildman–Crippen MR) is 63.4 cm³/mol. The quantitative estimate of drug-likeness (QED) is 0.654. The first-order valence-electron chi connectivity index (χ1n) is 5.18. The molecule has 1 aromatic rings. The molecule has 15 heavy (non-hydrogen) atoms. The first-order valence-corrected chi connectivity index (χ1v) is 6.55. The molecule has 1 aromatic heterocycles. The highest BCUT2D eigenvalue weighted by Crippen LogP contribution is 2.20. The van der Waals surface area contributed by atoms with E-state index in [9.17, 15) is 0 Å². The Kier molecular flexibility index (Phi) is 4.23. The molecule has 2 heterocycles. The lowest BCUT2D eigenvalue weighted by Gasteiger charge is -2.22. The van der Waals surface area contributed by atoms with E-state index in [0.717, 1.165) is 17.3 Å². The number of hydrogen-bond donors (Lipinski definition) is 1. The molecule has 0 spiro atoms. The molecule has 1 N–H and O–H groups in total. The van der Waals surface area contributed by atoms with Crippen LogP contribution in [-0.2, 0) is 0 Å². The standard InChI is InChI=1S/C10H14ClN3S/c11-9-5-10(14-7-13-9)15-6-8-3-1-2-4-12-8/h5,7-8,12H,1-4,6H2/t8-/m1/s1. The molecule has 2 rings (SSSR count). The van der Waals surface area contributed by atoms with Gasteiger partial charge in [0.05, 0.1) is 0 Å². The topological polar surface area (TPSA) is 37.8 Å². The molecule has 0 bridgehead atoms. The fourth-order valence-corrected chi connectivity index (χ4v) is 2.83. The number of hydrogen-bond acceptors (Lipinski definition) is 4. The van der Waals surface area contributed by atoms with E-state index in [0.29, 0.717) is 11.2 Å². The molecular formula is C10H14ClN3S. The zero-order chi connectivity index (χ0) is 10.5. The van der Waals surface area contributed by atoms with Crippen molar-refractivity contribution in [3.05, 3.63) is 17.5 Å². The Labute approximate surface area is 99.0 Å². The van der Waals surface area contributed by atoms with Crippen LogP contribution in [0.1, 0.15) is 19.3 Å². The van der Waals surface area contributed by atoms with E-state index >= 15 is 0 Å². The van der Waals surface area contributed by atoms with Crippen LogP contribution in [0, 0.1) is 0 Å². The van der Waals surface area contributed by atoms with Crippen molar-refractivity contribution in [3.8, 4) is 0 Å². The molecular weight excluding hydrogens is 230 g/mol. The van der Waals surface area contributed by atoms with E-state index in [-0.39, 0.29) is 0 Å². The lowest BCUT2D eigenvalue weighted by Crippen LogP contribution is -2.35. The summed E-state index contributed by atoms with van der Waals surface area (Å²) < 4.78 is 0. The average molecular weight is 244 g/mol. The van der Waals surface area contributed by atoms with Crippen LogP contribution in [0.25, 0.3) is 0 Å². The summed E-state index contributed by atoms with van der Waals surface area (Å²) in [5.41, 5.74) is 0. The van der Waals surface area contributed by atoms with Crippen LogP contribution in [0.15, 0.2) is 17.4 Å². The van der Waals surface area contributed by atoms with E-state index in [1.165, 1.54) is 25.6 Å². The summed E-state index contributed by atoms with van der Waals surface area (Å²) in [6.07, 6.45) is 5.42. The van der Waals surface area contributed by atoms with Gasteiger partial charge in [-0.15, -0.1) is 11.8 Å². The first kappa shape index (κ1) is 11.2. The van der Waals surface area contributed by atoms with Gasteiger partial charge in [-0.2, -0.15) is 0 Å². The van der Waals surface area contributed by atoms with Crippen molar-refractivity contribution in [2.24, 2.45) is 0 Å².